The van der Waals surface area contributed by atoms with E-state index in [0.29, 0.717) is 12.3 Å². The number of aliphatic hydroxyl groups is 1. The fraction of sp³-hybridized carbons (Fsp3) is 0.500. The molecule has 1 atom stereocenters. The lowest BCUT2D eigenvalue weighted by Gasteiger charge is -2.02. The van der Waals surface area contributed by atoms with E-state index in [0.717, 1.165) is 12.0 Å². The summed E-state index contributed by atoms with van der Waals surface area (Å²) in [6.07, 6.45) is 7.32. The number of hydrogen-bond donors (Lipinski definition) is 2. The monoisotopic (exact) mass is 291 g/mol. The van der Waals surface area contributed by atoms with Gasteiger partial charge >= 0.3 is 0 Å². The van der Waals surface area contributed by atoms with Crippen molar-refractivity contribution >= 4 is 0 Å². The van der Waals surface area contributed by atoms with Gasteiger partial charge in [-0.15, -0.1) is 0 Å². The fourth-order valence-corrected chi connectivity index (χ4v) is 1.89. The molecule has 1 aromatic heterocycles. The predicted molar refractivity (Wildman–Crippen MR) is 83.0 cm³/mol. The summed E-state index contributed by atoms with van der Waals surface area (Å²) in [5.41, 5.74) is 1.07. The fourth-order valence-electron chi connectivity index (χ4n) is 1.89. The number of rotatable bonds is 6. The Morgan fingerprint density at radius 2 is 2.00 bits per heavy atom. The third-order valence-electron chi connectivity index (χ3n) is 2.96. The van der Waals surface area contributed by atoms with Crippen LogP contribution in [0.25, 0.3) is 0 Å². The molecule has 0 aliphatic carbocycles. The van der Waals surface area contributed by atoms with E-state index >= 15 is 0 Å². The van der Waals surface area contributed by atoms with Gasteiger partial charge in [0.05, 0.1) is 12.6 Å². The third kappa shape index (κ3) is 7.46. The number of hydrogen-bond acceptors (Lipinski definition) is 4. The Kier molecular flexibility index (Phi) is 8.12. The SMILES string of the molecule is CC(O)Cn1cncn1.CCCCCc1ccccc1O. The second-order valence-electron chi connectivity index (χ2n) is 5.05. The van der Waals surface area contributed by atoms with E-state index in [9.17, 15) is 5.11 Å². The second kappa shape index (κ2) is 9.94. The number of phenols is 1. The van der Waals surface area contributed by atoms with Gasteiger partial charge in [-0.05, 0) is 31.4 Å². The molecule has 5 heteroatoms. The number of para-hydroxylation sites is 1. The smallest absolute Gasteiger partial charge is 0.137 e. The maximum Gasteiger partial charge on any atom is 0.137 e. The maximum absolute atomic E-state index is 9.41. The average Bonchev–Trinajstić information content (AvgIpc) is 2.94. The molecule has 2 rings (SSSR count). The van der Waals surface area contributed by atoms with E-state index in [2.05, 4.69) is 17.0 Å². The summed E-state index contributed by atoms with van der Waals surface area (Å²) in [7, 11) is 0. The molecule has 21 heavy (non-hydrogen) atoms. The van der Waals surface area contributed by atoms with Gasteiger partial charge in [0, 0.05) is 0 Å². The molecule has 0 aliphatic heterocycles. The highest BCUT2D eigenvalue weighted by Gasteiger charge is 1.97. The molecular formula is C16H25N3O2. The van der Waals surface area contributed by atoms with E-state index in [4.69, 9.17) is 5.11 Å². The van der Waals surface area contributed by atoms with Gasteiger partial charge in [0.2, 0.25) is 0 Å². The van der Waals surface area contributed by atoms with Crippen molar-refractivity contribution in [2.75, 3.05) is 0 Å². The van der Waals surface area contributed by atoms with Crippen molar-refractivity contribution in [1.29, 1.82) is 0 Å². The molecule has 2 N–H and O–H groups in total. The van der Waals surface area contributed by atoms with Crippen LogP contribution in [0.3, 0.4) is 0 Å². The van der Waals surface area contributed by atoms with Crippen LogP contribution in [0.4, 0.5) is 0 Å². The van der Waals surface area contributed by atoms with Gasteiger partial charge in [0.1, 0.15) is 18.4 Å². The molecule has 2 aromatic rings. The van der Waals surface area contributed by atoms with Crippen LogP contribution >= 0.6 is 0 Å². The Labute approximate surface area is 126 Å². The van der Waals surface area contributed by atoms with Gasteiger partial charge in [-0.25, -0.2) is 4.98 Å². The number of unbranched alkanes of at least 4 members (excludes halogenated alkanes) is 2. The number of aromatic hydroxyl groups is 1. The molecule has 0 saturated heterocycles. The summed E-state index contributed by atoms with van der Waals surface area (Å²) in [5, 5.41) is 22.0. The van der Waals surface area contributed by atoms with E-state index in [-0.39, 0.29) is 6.10 Å². The van der Waals surface area contributed by atoms with Crippen molar-refractivity contribution in [3.8, 4) is 5.75 Å². The molecule has 1 heterocycles. The van der Waals surface area contributed by atoms with Crippen LogP contribution < -0.4 is 0 Å². The standard InChI is InChI=1S/C11H16O.C5H9N3O/c1-2-3-4-7-10-8-5-6-9-11(10)12;1-5(9)2-8-4-6-3-7-8/h5-6,8-9,12H,2-4,7H2,1H3;3-5,9H,2H2,1H3. The lowest BCUT2D eigenvalue weighted by molar-refractivity contribution is 0.168. The van der Waals surface area contributed by atoms with E-state index in [1.807, 2.05) is 18.2 Å². The summed E-state index contributed by atoms with van der Waals surface area (Å²) in [5.74, 6) is 0.439. The first-order chi connectivity index (χ1) is 10.1. The average molecular weight is 291 g/mol. The Bertz CT molecular complexity index is 484. The number of aromatic nitrogens is 3. The van der Waals surface area contributed by atoms with Crippen LogP contribution in [0.15, 0.2) is 36.9 Å². The van der Waals surface area contributed by atoms with Crippen molar-refractivity contribution in [2.24, 2.45) is 0 Å². The normalized spacial score (nSPS) is 11.6. The van der Waals surface area contributed by atoms with Crippen LogP contribution in [0.2, 0.25) is 0 Å². The zero-order valence-electron chi connectivity index (χ0n) is 12.8. The molecule has 0 aliphatic rings. The first-order valence-corrected chi connectivity index (χ1v) is 7.40. The zero-order chi connectivity index (χ0) is 15.5. The van der Waals surface area contributed by atoms with Crippen LogP contribution in [0.1, 0.15) is 38.7 Å². The van der Waals surface area contributed by atoms with Crippen molar-refractivity contribution in [3.63, 3.8) is 0 Å². The van der Waals surface area contributed by atoms with Crippen molar-refractivity contribution in [3.05, 3.63) is 42.5 Å². The largest absolute Gasteiger partial charge is 0.508 e. The van der Waals surface area contributed by atoms with Gasteiger partial charge < -0.3 is 10.2 Å². The minimum Gasteiger partial charge on any atom is -0.508 e. The highest BCUT2D eigenvalue weighted by Crippen LogP contribution is 2.17. The van der Waals surface area contributed by atoms with Gasteiger partial charge in [0.15, 0.2) is 0 Å². The zero-order valence-corrected chi connectivity index (χ0v) is 12.8. The van der Waals surface area contributed by atoms with Crippen LogP contribution in [-0.4, -0.2) is 31.1 Å². The van der Waals surface area contributed by atoms with Gasteiger partial charge in [0.25, 0.3) is 0 Å². The van der Waals surface area contributed by atoms with Crippen molar-refractivity contribution < 1.29 is 10.2 Å². The van der Waals surface area contributed by atoms with Gasteiger partial charge in [-0.2, -0.15) is 5.10 Å². The number of aliphatic hydroxyl groups excluding tert-OH is 1. The minimum absolute atomic E-state index is 0.355. The number of benzene rings is 1. The van der Waals surface area contributed by atoms with Crippen molar-refractivity contribution in [2.45, 2.75) is 52.2 Å². The van der Waals surface area contributed by atoms with Crippen LogP contribution in [-0.2, 0) is 13.0 Å². The molecule has 1 aromatic carbocycles. The Balaban J connectivity index is 0.000000219. The Hall–Kier alpha value is -1.88. The summed E-state index contributed by atoms with van der Waals surface area (Å²) in [4.78, 5) is 3.72. The molecule has 116 valence electrons. The lowest BCUT2D eigenvalue weighted by atomic mass is 10.1. The number of phenolic OH excluding ortho intramolecular Hbond substituents is 1. The number of aryl methyl sites for hydroxylation is 1. The van der Waals surface area contributed by atoms with Crippen LogP contribution in [0.5, 0.6) is 5.75 Å². The second-order valence-corrected chi connectivity index (χ2v) is 5.05. The summed E-state index contributed by atoms with van der Waals surface area (Å²) < 4.78 is 1.59. The first-order valence-electron chi connectivity index (χ1n) is 7.40. The Morgan fingerprint density at radius 1 is 1.24 bits per heavy atom. The molecule has 0 amide bonds. The summed E-state index contributed by atoms with van der Waals surface area (Å²) in [6.45, 7) is 4.41. The van der Waals surface area contributed by atoms with E-state index < -0.39 is 0 Å². The topological polar surface area (TPSA) is 71.2 Å². The van der Waals surface area contributed by atoms with Crippen molar-refractivity contribution in [1.82, 2.24) is 14.8 Å². The summed E-state index contributed by atoms with van der Waals surface area (Å²) >= 11 is 0. The molecule has 0 saturated carbocycles. The van der Waals surface area contributed by atoms with E-state index in [1.54, 1.807) is 24.0 Å². The quantitative estimate of drug-likeness (QED) is 0.803. The molecule has 0 radical (unpaired) electrons. The highest BCUT2D eigenvalue weighted by molar-refractivity contribution is 5.31. The first kappa shape index (κ1) is 17.2. The lowest BCUT2D eigenvalue weighted by Crippen LogP contribution is -2.11. The maximum atomic E-state index is 9.41. The molecule has 0 fully saturated rings. The number of nitrogens with zero attached hydrogens (tertiary/aromatic N) is 3. The van der Waals surface area contributed by atoms with Gasteiger partial charge in [-0.1, -0.05) is 38.0 Å². The van der Waals surface area contributed by atoms with E-state index in [1.165, 1.54) is 25.6 Å². The predicted octanol–water partition coefficient (Wildman–Crippen LogP) is 2.78. The highest BCUT2D eigenvalue weighted by atomic mass is 16.3. The molecule has 5 nitrogen and oxygen atoms in total. The Morgan fingerprint density at radius 3 is 2.57 bits per heavy atom. The molecule has 1 unspecified atom stereocenters. The van der Waals surface area contributed by atoms with Gasteiger partial charge in [-0.3, -0.25) is 4.68 Å². The third-order valence-corrected chi connectivity index (χ3v) is 2.96. The molecule has 0 bridgehead atoms. The molecular weight excluding hydrogens is 266 g/mol. The molecule has 0 spiro atoms. The minimum atomic E-state index is -0.355. The van der Waals surface area contributed by atoms with Crippen LogP contribution in [0, 0.1) is 0 Å². The summed E-state index contributed by atoms with van der Waals surface area (Å²) in [6, 6.07) is 7.58.